The van der Waals surface area contributed by atoms with E-state index >= 15 is 0 Å². The number of aryl methyl sites for hydroxylation is 2. The molecule has 0 aliphatic carbocycles. The Morgan fingerprint density at radius 2 is 2.18 bits per heavy atom. The predicted octanol–water partition coefficient (Wildman–Crippen LogP) is 3.07. The van der Waals surface area contributed by atoms with E-state index in [9.17, 15) is 4.79 Å². The van der Waals surface area contributed by atoms with Gasteiger partial charge in [-0.3, -0.25) is 4.79 Å². The summed E-state index contributed by atoms with van der Waals surface area (Å²) >= 11 is 3.09. The molecular formula is C14H17N5OS2. The molecule has 0 atom stereocenters. The second-order valence-corrected chi connectivity index (χ2v) is 7.52. The summed E-state index contributed by atoms with van der Waals surface area (Å²) < 4.78 is 2.00. The minimum Gasteiger partial charge on any atom is -0.309 e. The minimum atomic E-state index is -0.0622. The number of aromatic nitrogens is 5. The molecule has 3 heterocycles. The average Bonchev–Trinajstić information content (AvgIpc) is 3.02. The first kappa shape index (κ1) is 15.2. The lowest BCUT2D eigenvalue weighted by Crippen LogP contribution is -2.11. The molecule has 3 aromatic heterocycles. The highest BCUT2D eigenvalue weighted by molar-refractivity contribution is 7.98. The second-order valence-electron chi connectivity index (χ2n) is 5.38. The molecule has 3 aromatic rings. The molecular weight excluding hydrogens is 318 g/mol. The first-order chi connectivity index (χ1) is 10.5. The van der Waals surface area contributed by atoms with Gasteiger partial charge in [0.25, 0.3) is 5.56 Å². The Balaban J connectivity index is 1.88. The van der Waals surface area contributed by atoms with E-state index in [1.165, 1.54) is 11.8 Å². The standard InChI is InChI=1S/C14H17N5OS2/c1-7(2)19-6-15-18-14(19)21-5-10-16-12(20)11-8(3)9(4)22-13(11)17-10/h6-7H,5H2,1-4H3,(H,16,17,20). The number of hydrogen-bond donors (Lipinski definition) is 1. The van der Waals surface area contributed by atoms with Crippen LogP contribution in [0.1, 0.15) is 36.2 Å². The number of nitrogens with one attached hydrogen (secondary N) is 1. The van der Waals surface area contributed by atoms with Gasteiger partial charge in [0.15, 0.2) is 5.16 Å². The maximum Gasteiger partial charge on any atom is 0.259 e. The zero-order valence-electron chi connectivity index (χ0n) is 12.9. The summed E-state index contributed by atoms with van der Waals surface area (Å²) in [5, 5.41) is 9.59. The smallest absolute Gasteiger partial charge is 0.259 e. The van der Waals surface area contributed by atoms with Crippen molar-refractivity contribution < 1.29 is 0 Å². The third-order valence-electron chi connectivity index (χ3n) is 3.52. The zero-order chi connectivity index (χ0) is 15.9. The summed E-state index contributed by atoms with van der Waals surface area (Å²) in [7, 11) is 0. The highest BCUT2D eigenvalue weighted by Gasteiger charge is 2.13. The lowest BCUT2D eigenvalue weighted by Gasteiger charge is -2.08. The molecule has 0 aromatic carbocycles. The van der Waals surface area contributed by atoms with E-state index in [4.69, 9.17) is 0 Å². The van der Waals surface area contributed by atoms with Crippen LogP contribution < -0.4 is 5.56 Å². The SMILES string of the molecule is Cc1sc2nc(CSc3nncn3C(C)C)[nH]c(=O)c2c1C. The number of thiophene rings is 1. The quantitative estimate of drug-likeness (QED) is 0.742. The van der Waals surface area contributed by atoms with Gasteiger partial charge in [0.1, 0.15) is 17.0 Å². The van der Waals surface area contributed by atoms with Gasteiger partial charge < -0.3 is 9.55 Å². The van der Waals surface area contributed by atoms with Crippen molar-refractivity contribution >= 4 is 33.3 Å². The molecule has 0 amide bonds. The molecule has 0 bridgehead atoms. The minimum absolute atomic E-state index is 0.0622. The normalized spacial score (nSPS) is 11.7. The highest BCUT2D eigenvalue weighted by Crippen LogP contribution is 2.27. The van der Waals surface area contributed by atoms with E-state index < -0.39 is 0 Å². The van der Waals surface area contributed by atoms with E-state index in [1.807, 2.05) is 18.4 Å². The second kappa shape index (κ2) is 5.85. The molecule has 0 saturated heterocycles. The van der Waals surface area contributed by atoms with Crippen LogP contribution in [0.2, 0.25) is 0 Å². The Kier molecular flexibility index (Phi) is 4.05. The van der Waals surface area contributed by atoms with E-state index in [2.05, 4.69) is 34.0 Å². The van der Waals surface area contributed by atoms with E-state index in [-0.39, 0.29) is 5.56 Å². The van der Waals surface area contributed by atoms with Crippen LogP contribution in [0.3, 0.4) is 0 Å². The summed E-state index contributed by atoms with van der Waals surface area (Å²) in [4.78, 5) is 21.6. The van der Waals surface area contributed by atoms with Crippen LogP contribution in [0.25, 0.3) is 10.2 Å². The zero-order valence-corrected chi connectivity index (χ0v) is 14.5. The van der Waals surface area contributed by atoms with Crippen molar-refractivity contribution in [2.45, 2.75) is 44.6 Å². The molecule has 0 spiro atoms. The number of fused-ring (bicyclic) bond motifs is 1. The predicted molar refractivity (Wildman–Crippen MR) is 89.7 cm³/mol. The van der Waals surface area contributed by atoms with Gasteiger partial charge in [0.2, 0.25) is 0 Å². The maximum absolute atomic E-state index is 12.2. The van der Waals surface area contributed by atoms with Crippen LogP contribution in [0.5, 0.6) is 0 Å². The largest absolute Gasteiger partial charge is 0.309 e. The molecule has 0 fully saturated rings. The fraction of sp³-hybridized carbons (Fsp3) is 0.429. The molecule has 22 heavy (non-hydrogen) atoms. The third kappa shape index (κ3) is 2.68. The van der Waals surface area contributed by atoms with Crippen molar-refractivity contribution in [3.63, 3.8) is 0 Å². The summed E-state index contributed by atoms with van der Waals surface area (Å²) in [5.74, 6) is 1.23. The number of thioether (sulfide) groups is 1. The number of nitrogens with zero attached hydrogens (tertiary/aromatic N) is 4. The van der Waals surface area contributed by atoms with Gasteiger partial charge in [-0.2, -0.15) is 0 Å². The third-order valence-corrected chi connectivity index (χ3v) is 5.59. The van der Waals surface area contributed by atoms with Gasteiger partial charge in [-0.25, -0.2) is 4.98 Å². The van der Waals surface area contributed by atoms with Crippen molar-refractivity contribution in [2.24, 2.45) is 0 Å². The first-order valence-electron chi connectivity index (χ1n) is 6.98. The Morgan fingerprint density at radius 3 is 2.91 bits per heavy atom. The number of H-pyrrole nitrogens is 1. The average molecular weight is 335 g/mol. The molecule has 0 radical (unpaired) electrons. The van der Waals surface area contributed by atoms with Gasteiger partial charge in [-0.15, -0.1) is 21.5 Å². The topological polar surface area (TPSA) is 76.5 Å². The van der Waals surface area contributed by atoms with Crippen molar-refractivity contribution in [3.05, 3.63) is 32.9 Å². The van der Waals surface area contributed by atoms with Crippen LogP contribution in [0.15, 0.2) is 16.3 Å². The van der Waals surface area contributed by atoms with Crippen molar-refractivity contribution in [3.8, 4) is 0 Å². The maximum atomic E-state index is 12.2. The number of aromatic amines is 1. The summed E-state index contributed by atoms with van der Waals surface area (Å²) in [6, 6.07) is 0.301. The van der Waals surface area contributed by atoms with Crippen molar-refractivity contribution in [2.75, 3.05) is 0 Å². The molecule has 1 N–H and O–H groups in total. The Morgan fingerprint density at radius 1 is 1.41 bits per heavy atom. The Labute approximate surface area is 136 Å². The molecule has 0 aliphatic rings. The van der Waals surface area contributed by atoms with E-state index in [0.29, 0.717) is 23.0 Å². The highest BCUT2D eigenvalue weighted by atomic mass is 32.2. The molecule has 6 nitrogen and oxygen atoms in total. The lowest BCUT2D eigenvalue weighted by molar-refractivity contribution is 0.549. The summed E-state index contributed by atoms with van der Waals surface area (Å²) in [5.41, 5.74) is 0.959. The molecule has 0 unspecified atom stereocenters. The monoisotopic (exact) mass is 335 g/mol. The van der Waals surface area contributed by atoms with E-state index in [1.54, 1.807) is 17.7 Å². The van der Waals surface area contributed by atoms with Gasteiger partial charge in [-0.05, 0) is 33.3 Å². The molecule has 8 heteroatoms. The lowest BCUT2D eigenvalue weighted by atomic mass is 10.2. The van der Waals surface area contributed by atoms with Crippen LogP contribution in [-0.2, 0) is 5.75 Å². The fourth-order valence-electron chi connectivity index (χ4n) is 2.19. The molecule has 0 saturated carbocycles. The summed E-state index contributed by atoms with van der Waals surface area (Å²) in [6.07, 6.45) is 1.72. The van der Waals surface area contributed by atoms with Crippen LogP contribution in [-0.4, -0.2) is 24.7 Å². The summed E-state index contributed by atoms with van der Waals surface area (Å²) in [6.45, 7) is 8.14. The molecule has 0 aliphatic heterocycles. The van der Waals surface area contributed by atoms with Crippen molar-refractivity contribution in [1.82, 2.24) is 24.7 Å². The molecule has 116 valence electrons. The Bertz CT molecular complexity index is 877. The van der Waals surface area contributed by atoms with Crippen LogP contribution >= 0.6 is 23.1 Å². The number of rotatable bonds is 4. The van der Waals surface area contributed by atoms with Gasteiger partial charge in [0, 0.05) is 10.9 Å². The Hall–Kier alpha value is -1.67. The van der Waals surface area contributed by atoms with Gasteiger partial charge in [0.05, 0.1) is 11.1 Å². The van der Waals surface area contributed by atoms with Crippen LogP contribution in [0.4, 0.5) is 0 Å². The van der Waals surface area contributed by atoms with E-state index in [0.717, 1.165) is 20.4 Å². The van der Waals surface area contributed by atoms with Crippen LogP contribution in [0, 0.1) is 13.8 Å². The number of hydrogen-bond acceptors (Lipinski definition) is 6. The van der Waals surface area contributed by atoms with Gasteiger partial charge in [-0.1, -0.05) is 11.8 Å². The van der Waals surface area contributed by atoms with Gasteiger partial charge >= 0.3 is 0 Å². The molecule has 3 rings (SSSR count). The van der Waals surface area contributed by atoms with Crippen molar-refractivity contribution in [1.29, 1.82) is 0 Å². The fourth-order valence-corrected chi connectivity index (χ4v) is 4.15. The first-order valence-corrected chi connectivity index (χ1v) is 8.78.